The van der Waals surface area contributed by atoms with Crippen molar-refractivity contribution in [2.24, 2.45) is 0 Å². The molecule has 9 nitrogen and oxygen atoms in total. The minimum absolute atomic E-state index is 0.00957. The van der Waals surface area contributed by atoms with Crippen LogP contribution < -0.4 is 10.6 Å². The molecule has 0 saturated carbocycles. The molecule has 0 aromatic heterocycles. The molecule has 0 bridgehead atoms. The van der Waals surface area contributed by atoms with Gasteiger partial charge in [0.1, 0.15) is 6.54 Å². The molecule has 4 atom stereocenters. The van der Waals surface area contributed by atoms with Crippen LogP contribution in [0, 0.1) is 0 Å². The summed E-state index contributed by atoms with van der Waals surface area (Å²) in [5, 5.41) is 17.4. The van der Waals surface area contributed by atoms with Gasteiger partial charge in [-0.2, -0.15) is 0 Å². The van der Waals surface area contributed by atoms with Crippen LogP contribution in [0.15, 0.2) is 115 Å². The number of ether oxygens (including phenoxy) is 3. The van der Waals surface area contributed by atoms with E-state index in [0.717, 1.165) is 33.4 Å². The van der Waals surface area contributed by atoms with Crippen LogP contribution in [0.1, 0.15) is 66.5 Å². The predicted octanol–water partition coefficient (Wildman–Crippen LogP) is 7.60. The third-order valence-corrected chi connectivity index (χ3v) is 9.59. The standard InChI is InChI=1S/C43H47N3O6/c1-4-50-41(48)26-45-43(49)44-25-31-9-7-12-35(21-31)37-13-8-14-38(23-37)42-51-39(24-40(52-42)33-17-15-30(28-47)16-18-33)27-46(3)29(2)34-20-19-32-10-5-6-11-36(32)22-34/h5-23,29,39-40,42,47H,4,24-28H2,1-3H3,(H2,44,45,49)/t29-,39+,40-,42-/m1/s1. The monoisotopic (exact) mass is 701 g/mol. The van der Waals surface area contributed by atoms with Gasteiger partial charge < -0.3 is 30.0 Å². The minimum Gasteiger partial charge on any atom is -0.465 e. The van der Waals surface area contributed by atoms with E-state index in [9.17, 15) is 14.7 Å². The third kappa shape index (κ3) is 9.43. The zero-order chi connectivity index (χ0) is 36.5. The normalized spacial score (nSPS) is 17.8. The van der Waals surface area contributed by atoms with E-state index in [1.807, 2.05) is 66.7 Å². The summed E-state index contributed by atoms with van der Waals surface area (Å²) in [6.07, 6.45) is -0.221. The first kappa shape index (κ1) is 36.7. The lowest BCUT2D eigenvalue weighted by Gasteiger charge is -2.39. The summed E-state index contributed by atoms with van der Waals surface area (Å²) in [5.41, 5.74) is 6.95. The van der Waals surface area contributed by atoms with Crippen molar-refractivity contribution in [3.8, 4) is 11.1 Å². The fraction of sp³-hybridized carbons (Fsp3) is 0.302. The molecular formula is C43H47N3O6. The second-order valence-corrected chi connectivity index (χ2v) is 13.2. The number of benzene rings is 5. The Hall–Kier alpha value is -5.06. The Kier molecular flexibility index (Phi) is 12.3. The molecular weight excluding hydrogens is 654 g/mol. The van der Waals surface area contributed by atoms with Crippen molar-refractivity contribution in [3.63, 3.8) is 0 Å². The smallest absolute Gasteiger partial charge is 0.325 e. The molecule has 1 aliphatic heterocycles. The molecule has 1 heterocycles. The second-order valence-electron chi connectivity index (χ2n) is 13.2. The number of aliphatic hydroxyl groups is 1. The zero-order valence-corrected chi connectivity index (χ0v) is 30.0. The highest BCUT2D eigenvalue weighted by atomic mass is 16.7. The van der Waals surface area contributed by atoms with E-state index in [-0.39, 0.29) is 38.0 Å². The molecule has 1 aliphatic rings. The number of hydrogen-bond donors (Lipinski definition) is 3. The molecule has 3 N–H and O–H groups in total. The molecule has 52 heavy (non-hydrogen) atoms. The van der Waals surface area contributed by atoms with Gasteiger partial charge in [-0.3, -0.25) is 9.69 Å². The fourth-order valence-electron chi connectivity index (χ4n) is 6.57. The molecule has 0 unspecified atom stereocenters. The maximum atomic E-state index is 12.2. The highest BCUT2D eigenvalue weighted by molar-refractivity contribution is 5.83. The summed E-state index contributed by atoms with van der Waals surface area (Å²) in [5.74, 6) is -0.481. The molecule has 5 aromatic carbocycles. The van der Waals surface area contributed by atoms with Crippen LogP contribution in [-0.2, 0) is 32.2 Å². The number of aliphatic hydroxyl groups excluding tert-OH is 1. The summed E-state index contributed by atoms with van der Waals surface area (Å²) in [6.45, 7) is 5.02. The van der Waals surface area contributed by atoms with Gasteiger partial charge in [0.15, 0.2) is 6.29 Å². The van der Waals surface area contributed by atoms with E-state index in [4.69, 9.17) is 14.2 Å². The van der Waals surface area contributed by atoms with Crippen molar-refractivity contribution in [2.75, 3.05) is 26.7 Å². The van der Waals surface area contributed by atoms with Crippen LogP contribution >= 0.6 is 0 Å². The van der Waals surface area contributed by atoms with Gasteiger partial charge in [-0.05, 0) is 83.2 Å². The molecule has 0 spiro atoms. The number of fused-ring (bicyclic) bond motifs is 1. The number of rotatable bonds is 13. The summed E-state index contributed by atoms with van der Waals surface area (Å²) >= 11 is 0. The lowest BCUT2D eigenvalue weighted by atomic mass is 9.97. The van der Waals surface area contributed by atoms with Gasteiger partial charge in [-0.15, -0.1) is 0 Å². The number of hydrogen-bond acceptors (Lipinski definition) is 7. The summed E-state index contributed by atoms with van der Waals surface area (Å²) in [7, 11) is 2.14. The lowest BCUT2D eigenvalue weighted by Crippen LogP contribution is -2.38. The van der Waals surface area contributed by atoms with E-state index in [1.165, 1.54) is 16.3 Å². The number of urea groups is 1. The molecule has 6 rings (SSSR count). The van der Waals surface area contributed by atoms with Gasteiger partial charge in [0.05, 0.1) is 25.4 Å². The molecule has 1 saturated heterocycles. The van der Waals surface area contributed by atoms with Gasteiger partial charge in [0.2, 0.25) is 0 Å². The van der Waals surface area contributed by atoms with Crippen molar-refractivity contribution >= 4 is 22.8 Å². The second kappa shape index (κ2) is 17.4. The highest BCUT2D eigenvalue weighted by Gasteiger charge is 2.33. The molecule has 5 aromatic rings. The van der Waals surface area contributed by atoms with E-state index < -0.39 is 18.3 Å². The van der Waals surface area contributed by atoms with Gasteiger partial charge in [0.25, 0.3) is 0 Å². The topological polar surface area (TPSA) is 109 Å². The van der Waals surface area contributed by atoms with E-state index in [2.05, 4.69) is 78.0 Å². The molecule has 2 amide bonds. The lowest BCUT2D eigenvalue weighted by molar-refractivity contribution is -0.253. The number of nitrogens with zero attached hydrogens (tertiary/aromatic N) is 1. The Morgan fingerprint density at radius 3 is 2.35 bits per heavy atom. The summed E-state index contributed by atoms with van der Waals surface area (Å²) in [4.78, 5) is 26.1. The highest BCUT2D eigenvalue weighted by Crippen LogP contribution is 2.39. The average Bonchev–Trinajstić information content (AvgIpc) is 3.19. The quantitative estimate of drug-likeness (QED) is 0.109. The summed E-state index contributed by atoms with van der Waals surface area (Å²) < 4.78 is 18.3. The van der Waals surface area contributed by atoms with Gasteiger partial charge >= 0.3 is 12.0 Å². The van der Waals surface area contributed by atoms with E-state index in [1.54, 1.807) is 6.92 Å². The Morgan fingerprint density at radius 1 is 0.827 bits per heavy atom. The number of carbonyl (C=O) groups excluding carboxylic acids is 2. The van der Waals surface area contributed by atoms with E-state index >= 15 is 0 Å². The predicted molar refractivity (Wildman–Crippen MR) is 202 cm³/mol. The number of nitrogens with one attached hydrogen (secondary N) is 2. The average molecular weight is 702 g/mol. The number of likely N-dealkylation sites (N-methyl/N-ethyl adjacent to an activating group) is 1. The summed E-state index contributed by atoms with van der Waals surface area (Å²) in [6, 6.07) is 38.9. The first-order chi connectivity index (χ1) is 25.3. The molecule has 9 heteroatoms. The van der Waals surface area contributed by atoms with Gasteiger partial charge in [-0.1, -0.05) is 97.1 Å². The van der Waals surface area contributed by atoms with Gasteiger partial charge in [-0.25, -0.2) is 4.79 Å². The van der Waals surface area contributed by atoms with Crippen molar-refractivity contribution in [2.45, 2.75) is 58.0 Å². The van der Waals surface area contributed by atoms with Crippen LogP contribution in [0.2, 0.25) is 0 Å². The van der Waals surface area contributed by atoms with Crippen LogP contribution in [0.4, 0.5) is 4.79 Å². The molecule has 1 fully saturated rings. The van der Waals surface area contributed by atoms with Crippen LogP contribution in [0.5, 0.6) is 0 Å². The maximum Gasteiger partial charge on any atom is 0.325 e. The Bertz CT molecular complexity index is 1960. The largest absolute Gasteiger partial charge is 0.465 e. The van der Waals surface area contributed by atoms with Crippen molar-refractivity contribution < 1.29 is 28.9 Å². The minimum atomic E-state index is -0.599. The number of carbonyl (C=O) groups is 2. The molecule has 270 valence electrons. The first-order valence-electron chi connectivity index (χ1n) is 17.9. The zero-order valence-electron chi connectivity index (χ0n) is 30.0. The van der Waals surface area contributed by atoms with Crippen LogP contribution in [0.3, 0.4) is 0 Å². The SMILES string of the molecule is CCOC(=O)CNC(=O)NCc1cccc(-c2cccc([C@@H]3O[C@H](CN(C)[C@H](C)c4ccc5ccccc5c4)C[C@H](c4ccc(CO)cc4)O3)c2)c1. The number of esters is 1. The molecule has 0 aliphatic carbocycles. The van der Waals surface area contributed by atoms with Gasteiger partial charge in [0, 0.05) is 31.1 Å². The number of amides is 2. The fourth-order valence-corrected chi connectivity index (χ4v) is 6.57. The van der Waals surface area contributed by atoms with Crippen LogP contribution in [-0.4, -0.2) is 54.9 Å². The van der Waals surface area contributed by atoms with Crippen molar-refractivity contribution in [1.29, 1.82) is 0 Å². The van der Waals surface area contributed by atoms with E-state index in [0.29, 0.717) is 19.5 Å². The Labute approximate surface area is 305 Å². The van der Waals surface area contributed by atoms with Crippen LogP contribution in [0.25, 0.3) is 21.9 Å². The maximum absolute atomic E-state index is 12.2. The Morgan fingerprint density at radius 2 is 1.58 bits per heavy atom. The first-order valence-corrected chi connectivity index (χ1v) is 17.9. The third-order valence-electron chi connectivity index (χ3n) is 9.59. The molecule has 0 radical (unpaired) electrons. The van der Waals surface area contributed by atoms with Crippen molar-refractivity contribution in [1.82, 2.24) is 15.5 Å². The van der Waals surface area contributed by atoms with Crippen molar-refractivity contribution in [3.05, 3.63) is 143 Å². The Balaban J connectivity index is 1.18.